The lowest BCUT2D eigenvalue weighted by Crippen LogP contribution is -2.21. The Morgan fingerprint density at radius 1 is 1.08 bits per heavy atom. The highest BCUT2D eigenvalue weighted by Gasteiger charge is 2.09. The van der Waals surface area contributed by atoms with Crippen LogP contribution in [0.25, 0.3) is 11.0 Å². The number of aryl methyl sites for hydroxylation is 2. The van der Waals surface area contributed by atoms with Gasteiger partial charge in [0.25, 0.3) is 0 Å². The minimum Gasteiger partial charge on any atom is -0.356 e. The molecule has 0 aliphatic heterocycles. The minimum absolute atomic E-state index is 0.0376. The van der Waals surface area contributed by atoms with Gasteiger partial charge in [-0.25, -0.2) is 4.98 Å². The lowest BCUT2D eigenvalue weighted by atomic mass is 10.1. The van der Waals surface area contributed by atoms with E-state index in [1.807, 2.05) is 6.07 Å². The van der Waals surface area contributed by atoms with Crippen LogP contribution in [0.15, 0.2) is 24.3 Å². The predicted octanol–water partition coefficient (Wildman–Crippen LogP) is 4.47. The number of para-hydroxylation sites is 2. The van der Waals surface area contributed by atoms with Crippen LogP contribution >= 0.6 is 0 Å². The molecule has 0 saturated carbocycles. The Labute approximate surface area is 145 Å². The van der Waals surface area contributed by atoms with E-state index in [-0.39, 0.29) is 5.91 Å². The van der Waals surface area contributed by atoms with Crippen LogP contribution in [-0.2, 0) is 17.8 Å². The highest BCUT2D eigenvalue weighted by Crippen LogP contribution is 2.18. The molecule has 0 fully saturated rings. The van der Waals surface area contributed by atoms with Crippen molar-refractivity contribution in [3.8, 4) is 0 Å². The lowest BCUT2D eigenvalue weighted by molar-refractivity contribution is -0.118. The first-order chi connectivity index (χ1) is 11.7. The second kappa shape index (κ2) is 10.1. The summed E-state index contributed by atoms with van der Waals surface area (Å²) in [4.78, 5) is 15.8. The number of unbranched alkanes of at least 4 members (excludes halogenated alkanes) is 5. The average molecular weight is 329 g/mol. The van der Waals surface area contributed by atoms with Crippen molar-refractivity contribution in [1.82, 2.24) is 14.9 Å². The smallest absolute Gasteiger partial charge is 0.216 e. The average Bonchev–Trinajstić information content (AvgIpc) is 2.92. The Balaban J connectivity index is 1.94. The van der Waals surface area contributed by atoms with Crippen LogP contribution in [-0.4, -0.2) is 22.0 Å². The van der Waals surface area contributed by atoms with Crippen LogP contribution in [0, 0.1) is 0 Å². The van der Waals surface area contributed by atoms with Crippen LogP contribution in [0.3, 0.4) is 0 Å². The number of hydrogen-bond acceptors (Lipinski definition) is 2. The largest absolute Gasteiger partial charge is 0.356 e. The molecule has 0 unspecified atom stereocenters. The maximum Gasteiger partial charge on any atom is 0.216 e. The number of rotatable bonds is 11. The topological polar surface area (TPSA) is 46.9 Å². The van der Waals surface area contributed by atoms with Crippen molar-refractivity contribution in [2.24, 2.45) is 0 Å². The maximum atomic E-state index is 11.0. The number of carbonyl (C=O) groups excluding carboxylic acids is 1. The molecule has 4 heteroatoms. The normalized spacial score (nSPS) is 11.1. The van der Waals surface area contributed by atoms with E-state index in [4.69, 9.17) is 4.98 Å². The van der Waals surface area contributed by atoms with Crippen molar-refractivity contribution in [2.75, 3.05) is 6.54 Å². The molecule has 132 valence electrons. The summed E-state index contributed by atoms with van der Waals surface area (Å²) in [5.74, 6) is 1.19. The molecule has 0 bridgehead atoms. The summed E-state index contributed by atoms with van der Waals surface area (Å²) in [6.07, 6.45) is 9.67. The summed E-state index contributed by atoms with van der Waals surface area (Å²) in [5, 5.41) is 2.86. The molecule has 24 heavy (non-hydrogen) atoms. The third-order valence-electron chi connectivity index (χ3n) is 4.42. The molecule has 2 aromatic rings. The molecule has 0 aliphatic carbocycles. The van der Waals surface area contributed by atoms with Crippen molar-refractivity contribution >= 4 is 16.9 Å². The van der Waals surface area contributed by atoms with Gasteiger partial charge >= 0.3 is 0 Å². The van der Waals surface area contributed by atoms with E-state index < -0.39 is 0 Å². The summed E-state index contributed by atoms with van der Waals surface area (Å²) in [7, 11) is 0. The second-order valence-electron chi connectivity index (χ2n) is 6.52. The van der Waals surface area contributed by atoms with Crippen LogP contribution in [0.2, 0.25) is 0 Å². The number of fused-ring (bicyclic) bond motifs is 1. The molecular formula is C20H31N3O. The van der Waals surface area contributed by atoms with Gasteiger partial charge in [-0.3, -0.25) is 4.79 Å². The fraction of sp³-hybridized carbons (Fsp3) is 0.600. The third-order valence-corrected chi connectivity index (χ3v) is 4.42. The number of carbonyl (C=O) groups is 1. The van der Waals surface area contributed by atoms with E-state index in [0.717, 1.165) is 37.3 Å². The van der Waals surface area contributed by atoms with Crippen molar-refractivity contribution in [1.29, 1.82) is 0 Å². The Hall–Kier alpha value is -1.84. The van der Waals surface area contributed by atoms with E-state index in [9.17, 15) is 4.79 Å². The number of imidazole rings is 1. The summed E-state index contributed by atoms with van der Waals surface area (Å²) in [6, 6.07) is 8.38. The number of aromatic nitrogens is 2. The predicted molar refractivity (Wildman–Crippen MR) is 100 cm³/mol. The van der Waals surface area contributed by atoms with E-state index in [1.54, 1.807) is 6.92 Å². The van der Waals surface area contributed by atoms with Gasteiger partial charge in [-0.05, 0) is 25.0 Å². The molecule has 1 N–H and O–H groups in total. The minimum atomic E-state index is 0.0376. The van der Waals surface area contributed by atoms with Crippen molar-refractivity contribution in [3.05, 3.63) is 30.1 Å². The Bertz CT molecular complexity index is 633. The van der Waals surface area contributed by atoms with Crippen molar-refractivity contribution in [2.45, 2.75) is 71.8 Å². The van der Waals surface area contributed by atoms with Crippen molar-refractivity contribution in [3.63, 3.8) is 0 Å². The van der Waals surface area contributed by atoms with Gasteiger partial charge in [-0.15, -0.1) is 0 Å². The molecule has 1 amide bonds. The molecule has 4 nitrogen and oxygen atoms in total. The van der Waals surface area contributed by atoms with E-state index in [2.05, 4.69) is 35.0 Å². The summed E-state index contributed by atoms with van der Waals surface area (Å²) in [6.45, 7) is 5.58. The van der Waals surface area contributed by atoms with Crippen LogP contribution in [0.5, 0.6) is 0 Å². The van der Waals surface area contributed by atoms with Gasteiger partial charge < -0.3 is 9.88 Å². The summed E-state index contributed by atoms with van der Waals surface area (Å²) >= 11 is 0. The van der Waals surface area contributed by atoms with E-state index >= 15 is 0 Å². The molecule has 0 saturated heterocycles. The molecule has 2 rings (SSSR count). The summed E-state index contributed by atoms with van der Waals surface area (Å²) in [5.41, 5.74) is 2.32. The van der Waals surface area contributed by atoms with Crippen molar-refractivity contribution < 1.29 is 4.79 Å². The van der Waals surface area contributed by atoms with Gasteiger partial charge in [0.1, 0.15) is 5.82 Å². The highest BCUT2D eigenvalue weighted by molar-refractivity contribution is 5.76. The zero-order chi connectivity index (χ0) is 17.2. The fourth-order valence-electron chi connectivity index (χ4n) is 3.13. The molecule has 0 atom stereocenters. The SMILES string of the molecule is CCCCCCCCn1c(CCCNC(C)=O)nc2ccccc21. The monoisotopic (exact) mass is 329 g/mol. The molecule has 0 spiro atoms. The van der Waals surface area contributed by atoms with Gasteiger partial charge in [0.2, 0.25) is 5.91 Å². The quantitative estimate of drug-likeness (QED) is 0.618. The fourth-order valence-corrected chi connectivity index (χ4v) is 3.13. The molecule has 1 heterocycles. The maximum absolute atomic E-state index is 11.0. The molecule has 1 aromatic heterocycles. The van der Waals surface area contributed by atoms with Gasteiger partial charge in [0, 0.05) is 26.4 Å². The highest BCUT2D eigenvalue weighted by atomic mass is 16.1. The Morgan fingerprint density at radius 3 is 2.62 bits per heavy atom. The van der Waals surface area contributed by atoms with Crippen LogP contribution in [0.4, 0.5) is 0 Å². The Morgan fingerprint density at radius 2 is 1.83 bits per heavy atom. The summed E-state index contributed by atoms with van der Waals surface area (Å²) < 4.78 is 2.38. The van der Waals surface area contributed by atoms with Gasteiger partial charge in [0.05, 0.1) is 11.0 Å². The standard InChI is InChI=1S/C20H31N3O/c1-3-4-5-6-7-10-16-23-19-13-9-8-12-18(19)22-20(23)14-11-15-21-17(2)24/h8-9,12-13H,3-7,10-11,14-16H2,1-2H3,(H,21,24). The van der Waals surface area contributed by atoms with E-state index in [0.29, 0.717) is 0 Å². The first-order valence-corrected chi connectivity index (χ1v) is 9.41. The molecule has 0 aliphatic rings. The van der Waals surface area contributed by atoms with Gasteiger partial charge in [-0.1, -0.05) is 51.2 Å². The Kier molecular flexibility index (Phi) is 7.80. The van der Waals surface area contributed by atoms with E-state index in [1.165, 1.54) is 44.0 Å². The van der Waals surface area contributed by atoms with Gasteiger partial charge in [-0.2, -0.15) is 0 Å². The molecule has 0 radical (unpaired) electrons. The van der Waals surface area contributed by atoms with Gasteiger partial charge in [0.15, 0.2) is 0 Å². The first kappa shape index (κ1) is 18.5. The second-order valence-corrected chi connectivity index (χ2v) is 6.52. The number of benzene rings is 1. The number of nitrogens with one attached hydrogen (secondary N) is 1. The zero-order valence-electron chi connectivity index (χ0n) is 15.2. The first-order valence-electron chi connectivity index (χ1n) is 9.41. The number of amides is 1. The third kappa shape index (κ3) is 5.66. The zero-order valence-corrected chi connectivity index (χ0v) is 15.2. The lowest BCUT2D eigenvalue weighted by Gasteiger charge is -2.09. The molecular weight excluding hydrogens is 298 g/mol. The van der Waals surface area contributed by atoms with Crippen LogP contribution < -0.4 is 5.32 Å². The van der Waals surface area contributed by atoms with Crippen LogP contribution in [0.1, 0.15) is 64.6 Å². The number of hydrogen-bond donors (Lipinski definition) is 1. The molecule has 1 aromatic carbocycles. The number of nitrogens with zero attached hydrogens (tertiary/aromatic N) is 2.